The number of hydrogen-bond donors (Lipinski definition) is 1. The average Bonchev–Trinajstić information content (AvgIpc) is 2.73. The molecule has 1 atom stereocenters. The van der Waals surface area contributed by atoms with Gasteiger partial charge in [-0.2, -0.15) is 5.10 Å². The smallest absolute Gasteiger partial charge is 0.312 e. The molecule has 1 unspecified atom stereocenters. The van der Waals surface area contributed by atoms with Crippen molar-refractivity contribution in [3.05, 3.63) is 51.3 Å². The van der Waals surface area contributed by atoms with Crippen LogP contribution >= 0.6 is 0 Å². The lowest BCUT2D eigenvalue weighted by molar-refractivity contribution is -0.386. The molecule has 22 heavy (non-hydrogen) atoms. The molecular weight excluding hydrogens is 284 g/mol. The molecule has 0 fully saturated rings. The molecule has 7 nitrogen and oxygen atoms in total. The van der Waals surface area contributed by atoms with Gasteiger partial charge in [0, 0.05) is 5.69 Å². The van der Waals surface area contributed by atoms with Crippen LogP contribution in [0, 0.1) is 30.9 Å². The van der Waals surface area contributed by atoms with Gasteiger partial charge in [0.05, 0.1) is 4.92 Å². The van der Waals surface area contributed by atoms with Crippen LogP contribution in [0.4, 0.5) is 11.4 Å². The lowest BCUT2D eigenvalue weighted by atomic mass is 10.2. The summed E-state index contributed by atoms with van der Waals surface area (Å²) >= 11 is 0. The van der Waals surface area contributed by atoms with Gasteiger partial charge in [-0.25, -0.2) is 0 Å². The first-order valence-electron chi connectivity index (χ1n) is 6.89. The number of aromatic nitrogens is 2. The van der Waals surface area contributed by atoms with Crippen molar-refractivity contribution in [1.82, 2.24) is 9.78 Å². The predicted octanol–water partition coefficient (Wildman–Crippen LogP) is 2.92. The van der Waals surface area contributed by atoms with Gasteiger partial charge < -0.3 is 5.32 Å². The monoisotopic (exact) mass is 302 g/mol. The number of carbonyl (C=O) groups excluding carboxylic acids is 1. The summed E-state index contributed by atoms with van der Waals surface area (Å²) in [6, 6.07) is 6.79. The summed E-state index contributed by atoms with van der Waals surface area (Å²) in [6.07, 6.45) is 0. The van der Waals surface area contributed by atoms with E-state index in [9.17, 15) is 14.9 Å². The van der Waals surface area contributed by atoms with Crippen molar-refractivity contribution in [3.8, 4) is 0 Å². The molecule has 7 heteroatoms. The van der Waals surface area contributed by atoms with E-state index in [4.69, 9.17) is 0 Å². The second-order valence-corrected chi connectivity index (χ2v) is 5.26. The summed E-state index contributed by atoms with van der Waals surface area (Å²) in [5, 5.41) is 18.0. The molecule has 0 aliphatic heterocycles. The third-order valence-corrected chi connectivity index (χ3v) is 3.50. The van der Waals surface area contributed by atoms with Gasteiger partial charge in [0.1, 0.15) is 17.4 Å². The Hall–Kier alpha value is -2.70. The minimum Gasteiger partial charge on any atom is -0.324 e. The zero-order chi connectivity index (χ0) is 16.4. The van der Waals surface area contributed by atoms with E-state index < -0.39 is 11.0 Å². The van der Waals surface area contributed by atoms with Crippen LogP contribution in [0.2, 0.25) is 0 Å². The van der Waals surface area contributed by atoms with Crippen LogP contribution in [0.15, 0.2) is 24.3 Å². The molecular formula is C15H18N4O3. The molecule has 0 radical (unpaired) electrons. The number of anilines is 1. The fourth-order valence-corrected chi connectivity index (χ4v) is 2.38. The van der Waals surface area contributed by atoms with E-state index >= 15 is 0 Å². The second-order valence-electron chi connectivity index (χ2n) is 5.26. The number of carbonyl (C=O) groups is 1. The van der Waals surface area contributed by atoms with Crippen molar-refractivity contribution in [1.29, 1.82) is 0 Å². The van der Waals surface area contributed by atoms with Crippen LogP contribution < -0.4 is 5.32 Å². The lowest BCUT2D eigenvalue weighted by Gasteiger charge is -2.14. The normalized spacial score (nSPS) is 12.0. The summed E-state index contributed by atoms with van der Waals surface area (Å²) in [7, 11) is 0. The van der Waals surface area contributed by atoms with Crippen molar-refractivity contribution in [2.45, 2.75) is 33.7 Å². The highest BCUT2D eigenvalue weighted by molar-refractivity contribution is 5.93. The Balaban J connectivity index is 2.24. The molecule has 1 aromatic heterocycles. The number of hydrogen-bond acceptors (Lipinski definition) is 4. The first kappa shape index (κ1) is 15.7. The lowest BCUT2D eigenvalue weighted by Crippen LogP contribution is -2.25. The summed E-state index contributed by atoms with van der Waals surface area (Å²) in [6.45, 7) is 6.75. The van der Waals surface area contributed by atoms with Crippen LogP contribution in [0.3, 0.4) is 0 Å². The SMILES string of the molecule is Cc1cccc(NC(=O)C(C)n2nc(C)c([N+](=O)[O-])c2C)c1. The first-order valence-corrected chi connectivity index (χ1v) is 6.89. The Bertz CT molecular complexity index is 736. The molecule has 1 N–H and O–H groups in total. The Morgan fingerprint density at radius 3 is 2.59 bits per heavy atom. The van der Waals surface area contributed by atoms with Gasteiger partial charge >= 0.3 is 5.69 Å². The van der Waals surface area contributed by atoms with Crippen LogP contribution in [-0.4, -0.2) is 20.6 Å². The van der Waals surface area contributed by atoms with Gasteiger partial charge in [-0.15, -0.1) is 0 Å². The molecule has 1 amide bonds. The Kier molecular flexibility index (Phi) is 4.25. The molecule has 0 saturated carbocycles. The summed E-state index contributed by atoms with van der Waals surface area (Å²) < 4.78 is 1.39. The largest absolute Gasteiger partial charge is 0.324 e. The van der Waals surface area contributed by atoms with E-state index in [-0.39, 0.29) is 11.6 Å². The third-order valence-electron chi connectivity index (χ3n) is 3.50. The molecule has 0 aliphatic rings. The molecule has 2 rings (SSSR count). The van der Waals surface area contributed by atoms with E-state index in [2.05, 4.69) is 10.4 Å². The molecule has 0 aliphatic carbocycles. The van der Waals surface area contributed by atoms with E-state index in [1.165, 1.54) is 4.68 Å². The number of nitro groups is 1. The van der Waals surface area contributed by atoms with Crippen molar-refractivity contribution >= 4 is 17.3 Å². The standard InChI is InChI=1S/C15H18N4O3/c1-9-6-5-7-13(8-9)16-15(20)12(4)18-11(3)14(19(21)22)10(2)17-18/h5-8,12H,1-4H3,(H,16,20). The highest BCUT2D eigenvalue weighted by Gasteiger charge is 2.27. The summed E-state index contributed by atoms with van der Waals surface area (Å²) in [4.78, 5) is 22.9. The van der Waals surface area contributed by atoms with Crippen molar-refractivity contribution in [2.24, 2.45) is 0 Å². The number of nitrogens with one attached hydrogen (secondary N) is 1. The average molecular weight is 302 g/mol. The van der Waals surface area contributed by atoms with E-state index in [1.807, 2.05) is 25.1 Å². The maximum atomic E-state index is 12.3. The zero-order valence-corrected chi connectivity index (χ0v) is 13.0. The Labute approximate surface area is 128 Å². The van der Waals surface area contributed by atoms with Crippen LogP contribution in [0.1, 0.15) is 29.9 Å². The van der Waals surface area contributed by atoms with Crippen LogP contribution in [0.5, 0.6) is 0 Å². The first-order chi connectivity index (χ1) is 10.3. The fraction of sp³-hybridized carbons (Fsp3) is 0.333. The van der Waals surface area contributed by atoms with E-state index in [1.54, 1.807) is 26.8 Å². The number of aryl methyl sites for hydroxylation is 2. The molecule has 0 bridgehead atoms. The maximum absolute atomic E-state index is 12.3. The number of rotatable bonds is 4. The second kappa shape index (κ2) is 5.97. The summed E-state index contributed by atoms with van der Waals surface area (Å²) in [5.41, 5.74) is 2.35. The molecule has 2 aromatic rings. The van der Waals surface area contributed by atoms with Crippen LogP contribution in [0.25, 0.3) is 0 Å². The molecule has 0 spiro atoms. The van der Waals surface area contributed by atoms with Crippen molar-refractivity contribution in [3.63, 3.8) is 0 Å². The summed E-state index contributed by atoms with van der Waals surface area (Å²) in [5.74, 6) is -0.272. The topological polar surface area (TPSA) is 90.1 Å². The minimum atomic E-state index is -0.645. The van der Waals surface area contributed by atoms with Crippen molar-refractivity contribution < 1.29 is 9.72 Å². The number of amides is 1. The highest BCUT2D eigenvalue weighted by Crippen LogP contribution is 2.25. The fourth-order valence-electron chi connectivity index (χ4n) is 2.38. The van der Waals surface area contributed by atoms with Crippen molar-refractivity contribution in [2.75, 3.05) is 5.32 Å². The highest BCUT2D eigenvalue weighted by atomic mass is 16.6. The van der Waals surface area contributed by atoms with Crippen LogP contribution in [-0.2, 0) is 4.79 Å². The van der Waals surface area contributed by atoms with Gasteiger partial charge in [0.25, 0.3) is 0 Å². The van der Waals surface area contributed by atoms with E-state index in [0.717, 1.165) is 5.56 Å². The molecule has 1 aromatic carbocycles. The Morgan fingerprint density at radius 1 is 1.36 bits per heavy atom. The molecule has 116 valence electrons. The number of nitrogens with zero attached hydrogens (tertiary/aromatic N) is 3. The molecule has 1 heterocycles. The Morgan fingerprint density at radius 2 is 2.05 bits per heavy atom. The van der Waals surface area contributed by atoms with E-state index in [0.29, 0.717) is 17.1 Å². The van der Waals surface area contributed by atoms with Gasteiger partial charge in [0.2, 0.25) is 5.91 Å². The minimum absolute atomic E-state index is 0.0461. The molecule has 0 saturated heterocycles. The van der Waals surface area contributed by atoms with Gasteiger partial charge in [0.15, 0.2) is 0 Å². The van der Waals surface area contributed by atoms with Gasteiger partial charge in [-0.3, -0.25) is 19.6 Å². The quantitative estimate of drug-likeness (QED) is 0.694. The maximum Gasteiger partial charge on any atom is 0.312 e. The zero-order valence-electron chi connectivity index (χ0n) is 13.0. The van der Waals surface area contributed by atoms with Gasteiger partial charge in [-0.05, 0) is 45.4 Å². The van der Waals surface area contributed by atoms with Gasteiger partial charge in [-0.1, -0.05) is 12.1 Å². The third kappa shape index (κ3) is 2.98. The number of benzene rings is 1. The predicted molar refractivity (Wildman–Crippen MR) is 82.9 cm³/mol.